The van der Waals surface area contributed by atoms with Crippen molar-refractivity contribution < 1.29 is 36.3 Å². The minimum atomic E-state index is -3.56. The summed E-state index contributed by atoms with van der Waals surface area (Å²) in [5, 5.41) is 11.5. The molecule has 2 N–H and O–H groups in total. The minimum absolute atomic E-state index is 0.139. The van der Waals surface area contributed by atoms with Gasteiger partial charge in [-0.3, -0.25) is 9.69 Å². The van der Waals surface area contributed by atoms with Crippen LogP contribution in [0.1, 0.15) is 34.3 Å². The van der Waals surface area contributed by atoms with E-state index in [9.17, 15) is 31.5 Å². The van der Waals surface area contributed by atoms with Crippen molar-refractivity contribution in [2.75, 3.05) is 32.3 Å². The quantitative estimate of drug-likeness (QED) is 0.287. The van der Waals surface area contributed by atoms with E-state index in [1.54, 1.807) is 49.6 Å². The number of hydrogen-bond acceptors (Lipinski definition) is 8. The van der Waals surface area contributed by atoms with Crippen molar-refractivity contribution in [3.8, 4) is 11.1 Å². The Kier molecular flexibility index (Phi) is 10.6. The number of nitrogens with one attached hydrogen (secondary N) is 1. The fourth-order valence-corrected chi connectivity index (χ4v) is 8.02. The Balaban J connectivity index is 1.64. The van der Waals surface area contributed by atoms with E-state index in [-0.39, 0.29) is 28.7 Å². The lowest BCUT2D eigenvalue weighted by Gasteiger charge is -2.24. The fraction of sp³-hybridized carbons (Fsp3) is 0.375. The topological polar surface area (TPSA) is 147 Å². The van der Waals surface area contributed by atoms with E-state index in [2.05, 4.69) is 10.2 Å². The summed E-state index contributed by atoms with van der Waals surface area (Å²) < 4.78 is 55.6. The highest BCUT2D eigenvalue weighted by atomic mass is 32.2. The lowest BCUT2D eigenvalue weighted by atomic mass is 9.93. The molecule has 0 aliphatic carbocycles. The number of sulfone groups is 2. The Morgan fingerprint density at radius 1 is 1.00 bits per heavy atom. The van der Waals surface area contributed by atoms with Crippen molar-refractivity contribution in [3.63, 3.8) is 0 Å². The molecule has 3 aromatic carbocycles. The van der Waals surface area contributed by atoms with Gasteiger partial charge in [0.2, 0.25) is 0 Å². The van der Waals surface area contributed by atoms with E-state index in [1.807, 2.05) is 37.3 Å². The van der Waals surface area contributed by atoms with Crippen LogP contribution in [-0.2, 0) is 35.8 Å². The van der Waals surface area contributed by atoms with Crippen molar-refractivity contribution in [1.82, 2.24) is 10.2 Å². The molecular formula is C32H38N2O8S2. The number of benzene rings is 3. The predicted molar refractivity (Wildman–Crippen MR) is 168 cm³/mol. The van der Waals surface area contributed by atoms with E-state index in [0.29, 0.717) is 31.7 Å². The average molecular weight is 643 g/mol. The molecule has 0 bridgehead atoms. The van der Waals surface area contributed by atoms with Gasteiger partial charge in [0.25, 0.3) is 5.91 Å². The van der Waals surface area contributed by atoms with Crippen LogP contribution in [0.4, 0.5) is 0 Å². The molecule has 0 saturated carbocycles. The Morgan fingerprint density at radius 2 is 1.68 bits per heavy atom. The zero-order valence-corrected chi connectivity index (χ0v) is 26.6. The molecule has 10 nitrogen and oxygen atoms in total. The number of aliphatic carboxylic acids is 1. The van der Waals surface area contributed by atoms with Gasteiger partial charge in [0, 0.05) is 38.1 Å². The number of rotatable bonds is 13. The smallest absolute Gasteiger partial charge is 0.326 e. The maximum absolute atomic E-state index is 13.5. The van der Waals surface area contributed by atoms with Crippen molar-refractivity contribution in [1.29, 1.82) is 0 Å². The minimum Gasteiger partial charge on any atom is -0.480 e. The second-order valence-electron chi connectivity index (χ2n) is 11.2. The summed E-state index contributed by atoms with van der Waals surface area (Å²) in [7, 11) is -5.40. The number of carbonyl (C=O) groups is 2. The molecule has 3 aromatic rings. The first-order chi connectivity index (χ1) is 20.8. The molecule has 1 heterocycles. The molecule has 44 heavy (non-hydrogen) atoms. The third-order valence-corrected chi connectivity index (χ3v) is 11.0. The molecule has 1 amide bonds. The number of carboxylic acids is 1. The van der Waals surface area contributed by atoms with Crippen molar-refractivity contribution in [3.05, 3.63) is 89.5 Å². The van der Waals surface area contributed by atoms with Crippen molar-refractivity contribution in [2.24, 2.45) is 0 Å². The lowest BCUT2D eigenvalue weighted by molar-refractivity contribution is -0.139. The number of amides is 1. The predicted octanol–water partition coefficient (Wildman–Crippen LogP) is 3.34. The molecule has 1 aliphatic heterocycles. The van der Waals surface area contributed by atoms with Crippen LogP contribution in [0.15, 0.2) is 77.7 Å². The van der Waals surface area contributed by atoms with Crippen molar-refractivity contribution >= 4 is 31.6 Å². The second-order valence-corrected chi connectivity index (χ2v) is 15.7. The second kappa shape index (κ2) is 14.0. The summed E-state index contributed by atoms with van der Waals surface area (Å²) in [5.74, 6) is -2.34. The molecule has 236 valence electrons. The number of nitrogens with zero attached hydrogens (tertiary/aromatic N) is 1. The Bertz CT molecular complexity index is 1710. The molecule has 4 rings (SSSR count). The summed E-state index contributed by atoms with van der Waals surface area (Å²) in [6.45, 7) is 2.98. The van der Waals surface area contributed by atoms with Crippen LogP contribution < -0.4 is 5.32 Å². The third kappa shape index (κ3) is 8.12. The Labute approximate surface area is 258 Å². The molecule has 1 aliphatic rings. The van der Waals surface area contributed by atoms with Gasteiger partial charge in [-0.15, -0.1) is 0 Å². The fourth-order valence-electron chi connectivity index (χ4n) is 5.57. The molecule has 12 heteroatoms. The van der Waals surface area contributed by atoms with Crippen LogP contribution in [0.2, 0.25) is 0 Å². The van der Waals surface area contributed by atoms with Gasteiger partial charge in [-0.25, -0.2) is 21.6 Å². The van der Waals surface area contributed by atoms with E-state index in [0.717, 1.165) is 22.9 Å². The first-order valence-corrected chi connectivity index (χ1v) is 17.8. The summed E-state index contributed by atoms with van der Waals surface area (Å²) in [6.07, 6.45) is 1.17. The standard InChI is InChI=1S/C32H38N2O8S2/c1-22-9-7-8-12-27(22)29-17-23(13-14-28(29)31(35)33-30(32(36)37)15-16-43(3,38)39)19-34-20-26(18-24(34)21-42-2)44(40,41)25-10-5-4-6-11-25/h4-14,17,24,26,30H,15-16,18-21H2,1-3H3,(H,33,35)(H,36,37)/t24-,26+,30+/m0/s1. The Hall–Kier alpha value is -3.58. The maximum Gasteiger partial charge on any atom is 0.326 e. The van der Waals surface area contributed by atoms with E-state index < -0.39 is 42.8 Å². The molecule has 1 fully saturated rings. The number of aryl methyl sites for hydroxylation is 1. The highest BCUT2D eigenvalue weighted by molar-refractivity contribution is 7.92. The Morgan fingerprint density at radius 3 is 2.32 bits per heavy atom. The largest absolute Gasteiger partial charge is 0.480 e. The summed E-state index contributed by atoms with van der Waals surface area (Å²) in [6, 6.07) is 19.7. The summed E-state index contributed by atoms with van der Waals surface area (Å²) in [5.41, 5.74) is 3.35. The maximum atomic E-state index is 13.5. The zero-order chi connectivity index (χ0) is 32.1. The van der Waals surface area contributed by atoms with Crippen LogP contribution in [0.25, 0.3) is 11.1 Å². The van der Waals surface area contributed by atoms with Crippen LogP contribution in [0, 0.1) is 6.92 Å². The van der Waals surface area contributed by atoms with Gasteiger partial charge >= 0.3 is 5.97 Å². The number of methoxy groups -OCH3 is 1. The number of likely N-dealkylation sites (tertiary alicyclic amines) is 1. The molecular weight excluding hydrogens is 604 g/mol. The SMILES string of the molecule is COC[C@@H]1C[C@@H](S(=O)(=O)c2ccccc2)CN1Cc1ccc(C(=O)N[C@H](CCS(C)(=O)=O)C(=O)O)c(-c2ccccc2C)c1. The van der Waals surface area contributed by atoms with Gasteiger partial charge in [0.05, 0.1) is 22.5 Å². The number of hydrogen-bond donors (Lipinski definition) is 2. The number of carbonyl (C=O) groups excluding carboxylic acids is 1. The molecule has 0 unspecified atom stereocenters. The first-order valence-electron chi connectivity index (χ1n) is 14.2. The van der Waals surface area contributed by atoms with Crippen LogP contribution in [0.3, 0.4) is 0 Å². The van der Waals surface area contributed by atoms with Crippen LogP contribution >= 0.6 is 0 Å². The summed E-state index contributed by atoms with van der Waals surface area (Å²) >= 11 is 0. The highest BCUT2D eigenvalue weighted by Crippen LogP contribution is 2.32. The number of ether oxygens (including phenoxy) is 1. The number of carboxylic acid groups (broad SMARTS) is 1. The van der Waals surface area contributed by atoms with Gasteiger partial charge in [0.1, 0.15) is 15.9 Å². The lowest BCUT2D eigenvalue weighted by Crippen LogP contribution is -2.42. The van der Waals surface area contributed by atoms with Gasteiger partial charge in [-0.2, -0.15) is 0 Å². The highest BCUT2D eigenvalue weighted by Gasteiger charge is 2.40. The molecule has 0 spiro atoms. The summed E-state index contributed by atoms with van der Waals surface area (Å²) in [4.78, 5) is 27.7. The van der Waals surface area contributed by atoms with Crippen molar-refractivity contribution in [2.45, 2.75) is 48.5 Å². The molecule has 1 saturated heterocycles. The zero-order valence-electron chi connectivity index (χ0n) is 25.0. The first kappa shape index (κ1) is 33.3. The molecule has 0 aromatic heterocycles. The van der Waals surface area contributed by atoms with Gasteiger partial charge in [0.15, 0.2) is 9.84 Å². The normalized spacial score (nSPS) is 18.2. The van der Waals surface area contributed by atoms with Gasteiger partial charge in [-0.1, -0.05) is 48.5 Å². The van der Waals surface area contributed by atoms with E-state index >= 15 is 0 Å². The van der Waals surface area contributed by atoms with Gasteiger partial charge < -0.3 is 15.2 Å². The third-order valence-electron chi connectivity index (χ3n) is 7.89. The molecule has 0 radical (unpaired) electrons. The monoisotopic (exact) mass is 642 g/mol. The van der Waals surface area contributed by atoms with E-state index in [1.165, 1.54) is 0 Å². The van der Waals surface area contributed by atoms with Crippen LogP contribution in [0.5, 0.6) is 0 Å². The molecule has 3 atom stereocenters. The van der Waals surface area contributed by atoms with Gasteiger partial charge in [-0.05, 0) is 66.3 Å². The average Bonchev–Trinajstić information content (AvgIpc) is 3.38. The van der Waals surface area contributed by atoms with Crippen LogP contribution in [-0.4, -0.2) is 88.3 Å². The van der Waals surface area contributed by atoms with E-state index in [4.69, 9.17) is 4.74 Å².